The molecule has 0 fully saturated rings. The van der Waals surface area contributed by atoms with Crippen LogP contribution in [0.2, 0.25) is 0 Å². The van der Waals surface area contributed by atoms with Gasteiger partial charge in [-0.3, -0.25) is 9.78 Å². The quantitative estimate of drug-likeness (QED) is 0.736. The highest BCUT2D eigenvalue weighted by Gasteiger charge is 2.05. The fraction of sp³-hybridized carbons (Fsp3) is 0.273. The van der Waals surface area contributed by atoms with Gasteiger partial charge in [-0.1, -0.05) is 0 Å². The fourth-order valence-corrected chi connectivity index (χ4v) is 1.40. The summed E-state index contributed by atoms with van der Waals surface area (Å²) in [7, 11) is 0. The summed E-state index contributed by atoms with van der Waals surface area (Å²) in [6.45, 7) is 0.593. The number of carbonyl (C=O) groups excluding carboxylic acids is 1. The number of H-pyrrole nitrogens is 1. The summed E-state index contributed by atoms with van der Waals surface area (Å²) in [4.78, 5) is 26.4. The number of imidazole rings is 1. The van der Waals surface area contributed by atoms with Crippen molar-refractivity contribution in [2.75, 3.05) is 6.54 Å². The lowest BCUT2D eigenvalue weighted by molar-refractivity contribution is 0.0948. The zero-order chi connectivity index (χ0) is 11.9. The Bertz CT molecular complexity index is 454. The molecule has 0 aliphatic heterocycles. The van der Waals surface area contributed by atoms with Crippen molar-refractivity contribution in [3.63, 3.8) is 0 Å². The Kier molecular flexibility index (Phi) is 3.80. The van der Waals surface area contributed by atoms with Crippen molar-refractivity contribution in [1.29, 1.82) is 0 Å². The van der Waals surface area contributed by atoms with Crippen LogP contribution in [0.15, 0.2) is 31.0 Å². The zero-order valence-electron chi connectivity index (χ0n) is 9.26. The molecule has 0 saturated heterocycles. The highest BCUT2D eigenvalue weighted by atomic mass is 16.1. The molecule has 6 heteroatoms. The second kappa shape index (κ2) is 5.74. The van der Waals surface area contributed by atoms with E-state index in [-0.39, 0.29) is 5.91 Å². The summed E-state index contributed by atoms with van der Waals surface area (Å²) < 4.78 is 0. The minimum atomic E-state index is -0.197. The molecule has 0 aliphatic carbocycles. The second-order valence-electron chi connectivity index (χ2n) is 3.49. The predicted molar refractivity (Wildman–Crippen MR) is 61.3 cm³/mol. The van der Waals surface area contributed by atoms with Crippen molar-refractivity contribution < 1.29 is 4.79 Å². The number of amides is 1. The molecule has 17 heavy (non-hydrogen) atoms. The van der Waals surface area contributed by atoms with Crippen LogP contribution < -0.4 is 5.32 Å². The summed E-state index contributed by atoms with van der Waals surface area (Å²) >= 11 is 0. The molecule has 2 rings (SSSR count). The molecule has 0 aliphatic rings. The number of aromatic amines is 1. The lowest BCUT2D eigenvalue weighted by atomic mass is 10.3. The van der Waals surface area contributed by atoms with Gasteiger partial charge in [-0.25, -0.2) is 9.97 Å². The fourth-order valence-electron chi connectivity index (χ4n) is 1.40. The van der Waals surface area contributed by atoms with Gasteiger partial charge in [0.05, 0.1) is 6.20 Å². The van der Waals surface area contributed by atoms with Crippen molar-refractivity contribution in [3.8, 4) is 0 Å². The topological polar surface area (TPSA) is 83.6 Å². The van der Waals surface area contributed by atoms with Crippen LogP contribution in [0.1, 0.15) is 22.7 Å². The molecule has 2 aromatic heterocycles. The van der Waals surface area contributed by atoms with Gasteiger partial charge in [-0.05, 0) is 6.42 Å². The van der Waals surface area contributed by atoms with Gasteiger partial charge in [-0.2, -0.15) is 0 Å². The van der Waals surface area contributed by atoms with E-state index in [9.17, 15) is 4.79 Å². The Labute approximate surface area is 98.5 Å². The molecule has 0 bridgehead atoms. The van der Waals surface area contributed by atoms with E-state index in [1.165, 1.54) is 18.6 Å². The SMILES string of the molecule is O=C(NCCCc1ncc[nH]1)c1cnccn1. The number of rotatable bonds is 5. The average molecular weight is 231 g/mol. The van der Waals surface area contributed by atoms with Crippen molar-refractivity contribution in [1.82, 2.24) is 25.3 Å². The van der Waals surface area contributed by atoms with Gasteiger partial charge < -0.3 is 10.3 Å². The number of nitrogens with one attached hydrogen (secondary N) is 2. The highest BCUT2D eigenvalue weighted by Crippen LogP contribution is 1.94. The van der Waals surface area contributed by atoms with Crippen molar-refractivity contribution in [2.24, 2.45) is 0 Å². The lowest BCUT2D eigenvalue weighted by Crippen LogP contribution is -2.25. The van der Waals surface area contributed by atoms with E-state index in [2.05, 4.69) is 25.3 Å². The van der Waals surface area contributed by atoms with Crippen LogP contribution in [0.4, 0.5) is 0 Å². The number of hydrogen-bond acceptors (Lipinski definition) is 4. The van der Waals surface area contributed by atoms with Crippen molar-refractivity contribution >= 4 is 5.91 Å². The zero-order valence-corrected chi connectivity index (χ0v) is 9.26. The monoisotopic (exact) mass is 231 g/mol. The molecule has 0 radical (unpaired) electrons. The number of aromatic nitrogens is 4. The van der Waals surface area contributed by atoms with E-state index in [1.807, 2.05) is 0 Å². The predicted octanol–water partition coefficient (Wildman–Crippen LogP) is 0.562. The summed E-state index contributed by atoms with van der Waals surface area (Å²) in [6.07, 6.45) is 9.63. The number of nitrogens with zero attached hydrogens (tertiary/aromatic N) is 3. The minimum absolute atomic E-state index is 0.197. The van der Waals surface area contributed by atoms with Crippen LogP contribution >= 0.6 is 0 Å². The smallest absolute Gasteiger partial charge is 0.271 e. The minimum Gasteiger partial charge on any atom is -0.351 e. The summed E-state index contributed by atoms with van der Waals surface area (Å²) in [6, 6.07) is 0. The van der Waals surface area contributed by atoms with E-state index in [0.717, 1.165) is 18.7 Å². The maximum Gasteiger partial charge on any atom is 0.271 e. The molecule has 0 spiro atoms. The van der Waals surface area contributed by atoms with Crippen LogP contribution in [0.3, 0.4) is 0 Å². The maximum atomic E-state index is 11.6. The Hall–Kier alpha value is -2.24. The van der Waals surface area contributed by atoms with E-state index >= 15 is 0 Å². The summed E-state index contributed by atoms with van der Waals surface area (Å²) in [5.41, 5.74) is 0.338. The Morgan fingerprint density at radius 2 is 2.24 bits per heavy atom. The standard InChI is InChI=1S/C11H13N5O/c17-11(9-8-12-4-5-13-9)16-3-1-2-10-14-6-7-15-10/h4-8H,1-3H2,(H,14,15)(H,16,17). The third-order valence-corrected chi connectivity index (χ3v) is 2.23. The highest BCUT2D eigenvalue weighted by molar-refractivity contribution is 5.91. The molecule has 0 unspecified atom stereocenters. The first kappa shape index (κ1) is 11.3. The second-order valence-corrected chi connectivity index (χ2v) is 3.49. The number of aryl methyl sites for hydroxylation is 1. The molecule has 2 heterocycles. The molecule has 0 aromatic carbocycles. The summed E-state index contributed by atoms with van der Waals surface area (Å²) in [5, 5.41) is 2.78. The lowest BCUT2D eigenvalue weighted by Gasteiger charge is -2.02. The third kappa shape index (κ3) is 3.37. The van der Waals surface area contributed by atoms with Gasteiger partial charge in [0.15, 0.2) is 0 Å². The van der Waals surface area contributed by atoms with Gasteiger partial charge in [0, 0.05) is 37.8 Å². The molecule has 6 nitrogen and oxygen atoms in total. The first-order valence-electron chi connectivity index (χ1n) is 5.39. The van der Waals surface area contributed by atoms with Gasteiger partial charge in [-0.15, -0.1) is 0 Å². The molecular weight excluding hydrogens is 218 g/mol. The third-order valence-electron chi connectivity index (χ3n) is 2.23. The van der Waals surface area contributed by atoms with E-state index in [1.54, 1.807) is 12.4 Å². The molecule has 88 valence electrons. The van der Waals surface area contributed by atoms with Crippen LogP contribution in [-0.4, -0.2) is 32.4 Å². The molecular formula is C11H13N5O. The normalized spacial score (nSPS) is 10.1. The molecule has 2 N–H and O–H groups in total. The van der Waals surface area contributed by atoms with Crippen molar-refractivity contribution in [2.45, 2.75) is 12.8 Å². The van der Waals surface area contributed by atoms with Gasteiger partial charge >= 0.3 is 0 Å². The van der Waals surface area contributed by atoms with Gasteiger partial charge in [0.25, 0.3) is 5.91 Å². The van der Waals surface area contributed by atoms with Gasteiger partial charge in [0.2, 0.25) is 0 Å². The first-order valence-corrected chi connectivity index (χ1v) is 5.39. The van der Waals surface area contributed by atoms with Crippen molar-refractivity contribution in [3.05, 3.63) is 42.5 Å². The molecule has 0 saturated carbocycles. The number of hydrogen-bond donors (Lipinski definition) is 2. The molecule has 0 atom stereocenters. The van der Waals surface area contributed by atoms with E-state index in [0.29, 0.717) is 12.2 Å². The Morgan fingerprint density at radius 1 is 1.29 bits per heavy atom. The van der Waals surface area contributed by atoms with Crippen LogP contribution in [0, 0.1) is 0 Å². The van der Waals surface area contributed by atoms with Crippen LogP contribution in [-0.2, 0) is 6.42 Å². The summed E-state index contributed by atoms with van der Waals surface area (Å²) in [5.74, 6) is 0.733. The number of carbonyl (C=O) groups is 1. The molecule has 2 aromatic rings. The first-order chi connectivity index (χ1) is 8.36. The van der Waals surface area contributed by atoms with E-state index in [4.69, 9.17) is 0 Å². The van der Waals surface area contributed by atoms with Crippen LogP contribution in [0.5, 0.6) is 0 Å². The average Bonchev–Trinajstić information content (AvgIpc) is 2.88. The maximum absolute atomic E-state index is 11.6. The van der Waals surface area contributed by atoms with E-state index < -0.39 is 0 Å². The Morgan fingerprint density at radius 3 is 2.94 bits per heavy atom. The van der Waals surface area contributed by atoms with Crippen LogP contribution in [0.25, 0.3) is 0 Å². The largest absolute Gasteiger partial charge is 0.351 e. The van der Waals surface area contributed by atoms with Gasteiger partial charge in [0.1, 0.15) is 11.5 Å². The Balaban J connectivity index is 1.70. The molecule has 1 amide bonds.